The van der Waals surface area contributed by atoms with E-state index in [0.717, 1.165) is 35.3 Å². The van der Waals surface area contributed by atoms with Gasteiger partial charge in [-0.15, -0.1) is 0 Å². The number of hydrogen-bond donors (Lipinski definition) is 2. The first-order valence-electron chi connectivity index (χ1n) is 8.31. The summed E-state index contributed by atoms with van der Waals surface area (Å²) in [5.41, 5.74) is 6.68. The van der Waals surface area contributed by atoms with Crippen LogP contribution < -0.4 is 10.6 Å². The molecule has 0 spiro atoms. The predicted octanol–water partition coefficient (Wildman–Crippen LogP) is 4.09. The van der Waals surface area contributed by atoms with Crippen molar-refractivity contribution < 1.29 is 4.79 Å². The van der Waals surface area contributed by atoms with Crippen LogP contribution in [0.4, 0.5) is 11.4 Å². The summed E-state index contributed by atoms with van der Waals surface area (Å²) in [6, 6.07) is 18.4. The Hall–Kier alpha value is -3.14. The van der Waals surface area contributed by atoms with Crippen LogP contribution in [-0.2, 0) is 11.2 Å². The molecule has 1 aromatic heterocycles. The van der Waals surface area contributed by atoms with Crippen molar-refractivity contribution in [3.8, 4) is 11.1 Å². The molecule has 1 heterocycles. The Morgan fingerprint density at radius 3 is 2.60 bits per heavy atom. The van der Waals surface area contributed by atoms with Crippen LogP contribution in [-0.4, -0.2) is 17.9 Å². The topological polar surface area (TPSA) is 54.0 Å². The van der Waals surface area contributed by atoms with Gasteiger partial charge in [0, 0.05) is 35.9 Å². The third kappa shape index (κ3) is 4.23. The molecule has 2 aromatic carbocycles. The number of nitrogens with zero attached hydrogens (tertiary/aromatic N) is 1. The summed E-state index contributed by atoms with van der Waals surface area (Å²) in [5.74, 6) is 0. The lowest BCUT2D eigenvalue weighted by Crippen LogP contribution is -2.14. The van der Waals surface area contributed by atoms with Crippen molar-refractivity contribution in [1.29, 1.82) is 0 Å². The van der Waals surface area contributed by atoms with E-state index < -0.39 is 0 Å². The van der Waals surface area contributed by atoms with Gasteiger partial charge in [-0.05, 0) is 60.4 Å². The van der Waals surface area contributed by atoms with E-state index in [0.29, 0.717) is 6.54 Å². The van der Waals surface area contributed by atoms with Gasteiger partial charge in [0.1, 0.15) is 0 Å². The number of rotatable bonds is 7. The highest BCUT2D eigenvalue weighted by atomic mass is 16.1. The van der Waals surface area contributed by atoms with Crippen molar-refractivity contribution in [1.82, 2.24) is 10.3 Å². The first kappa shape index (κ1) is 16.7. The molecule has 0 saturated heterocycles. The summed E-state index contributed by atoms with van der Waals surface area (Å²) in [6.45, 7) is 2.70. The summed E-state index contributed by atoms with van der Waals surface area (Å²) in [7, 11) is 0. The molecule has 0 unspecified atom stereocenters. The van der Waals surface area contributed by atoms with Gasteiger partial charge in [0.15, 0.2) is 0 Å². The molecule has 0 aliphatic carbocycles. The second-order valence-electron chi connectivity index (χ2n) is 5.88. The Morgan fingerprint density at radius 2 is 1.84 bits per heavy atom. The van der Waals surface area contributed by atoms with Gasteiger partial charge in [0.2, 0.25) is 6.41 Å². The molecule has 0 aliphatic heterocycles. The molecule has 4 heteroatoms. The number of aryl methyl sites for hydroxylation is 1. The number of benzene rings is 2. The molecular weight excluding hydrogens is 310 g/mol. The van der Waals surface area contributed by atoms with Crippen molar-refractivity contribution in [2.45, 2.75) is 13.3 Å². The van der Waals surface area contributed by atoms with Crippen LogP contribution >= 0.6 is 0 Å². The Morgan fingerprint density at radius 1 is 1.00 bits per heavy atom. The maximum absolute atomic E-state index is 10.5. The van der Waals surface area contributed by atoms with E-state index in [-0.39, 0.29) is 0 Å². The highest BCUT2D eigenvalue weighted by molar-refractivity contribution is 5.75. The van der Waals surface area contributed by atoms with Gasteiger partial charge in [-0.25, -0.2) is 0 Å². The number of para-hydroxylation sites is 1. The lowest BCUT2D eigenvalue weighted by molar-refractivity contribution is -0.109. The highest BCUT2D eigenvalue weighted by Gasteiger charge is 2.09. The summed E-state index contributed by atoms with van der Waals surface area (Å²) < 4.78 is 0. The first-order chi connectivity index (χ1) is 12.3. The number of amides is 1. The van der Waals surface area contributed by atoms with Gasteiger partial charge in [0.25, 0.3) is 0 Å². The van der Waals surface area contributed by atoms with Gasteiger partial charge in [0.05, 0.1) is 0 Å². The Bertz CT molecular complexity index is 847. The number of carbonyl (C=O) groups excluding carboxylic acids is 1. The Labute approximate surface area is 147 Å². The monoisotopic (exact) mass is 331 g/mol. The first-order valence-corrected chi connectivity index (χ1v) is 8.31. The fraction of sp³-hybridized carbons (Fsp3) is 0.143. The minimum Gasteiger partial charge on any atom is -0.358 e. The normalized spacial score (nSPS) is 10.3. The molecule has 0 bridgehead atoms. The zero-order valence-corrected chi connectivity index (χ0v) is 14.2. The fourth-order valence-electron chi connectivity index (χ4n) is 2.82. The molecule has 0 aliphatic rings. The Balaban J connectivity index is 1.96. The van der Waals surface area contributed by atoms with Crippen molar-refractivity contribution in [2.75, 3.05) is 11.9 Å². The van der Waals surface area contributed by atoms with Gasteiger partial charge in [-0.1, -0.05) is 24.3 Å². The van der Waals surface area contributed by atoms with Crippen LogP contribution in [0.25, 0.3) is 11.1 Å². The average Bonchev–Trinajstić information content (AvgIpc) is 2.64. The van der Waals surface area contributed by atoms with Crippen LogP contribution in [0.5, 0.6) is 0 Å². The van der Waals surface area contributed by atoms with E-state index in [1.54, 1.807) is 6.20 Å². The molecule has 25 heavy (non-hydrogen) atoms. The van der Waals surface area contributed by atoms with Crippen LogP contribution in [0.1, 0.15) is 11.1 Å². The van der Waals surface area contributed by atoms with E-state index >= 15 is 0 Å². The summed E-state index contributed by atoms with van der Waals surface area (Å²) >= 11 is 0. The number of nitrogens with one attached hydrogen (secondary N) is 2. The minimum absolute atomic E-state index is 0.612. The minimum atomic E-state index is 0.612. The quantitative estimate of drug-likeness (QED) is 0.506. The largest absolute Gasteiger partial charge is 0.358 e. The molecule has 0 saturated carbocycles. The molecule has 0 fully saturated rings. The van der Waals surface area contributed by atoms with Crippen LogP contribution in [0.2, 0.25) is 0 Å². The molecule has 3 aromatic rings. The van der Waals surface area contributed by atoms with E-state index in [1.807, 2.05) is 42.6 Å². The van der Waals surface area contributed by atoms with Crippen molar-refractivity contribution in [2.24, 2.45) is 0 Å². The smallest absolute Gasteiger partial charge is 0.207 e. The molecule has 126 valence electrons. The second-order valence-corrected chi connectivity index (χ2v) is 5.88. The fourth-order valence-corrected chi connectivity index (χ4v) is 2.82. The van der Waals surface area contributed by atoms with Gasteiger partial charge < -0.3 is 10.6 Å². The molecule has 1 amide bonds. The van der Waals surface area contributed by atoms with Crippen molar-refractivity contribution in [3.63, 3.8) is 0 Å². The van der Waals surface area contributed by atoms with E-state index in [4.69, 9.17) is 0 Å². The Kier molecular flexibility index (Phi) is 5.42. The summed E-state index contributed by atoms with van der Waals surface area (Å²) in [6.07, 6.45) is 5.21. The summed E-state index contributed by atoms with van der Waals surface area (Å²) in [4.78, 5) is 14.8. The number of anilines is 2. The average molecular weight is 331 g/mol. The molecule has 2 N–H and O–H groups in total. The zero-order valence-electron chi connectivity index (χ0n) is 14.2. The predicted molar refractivity (Wildman–Crippen MR) is 102 cm³/mol. The number of aromatic nitrogens is 1. The second kappa shape index (κ2) is 8.11. The number of carbonyl (C=O) groups is 1. The third-order valence-corrected chi connectivity index (χ3v) is 4.12. The standard InChI is InChI=1S/C21H21N3O/c1-16-9-11-22-14-21(16)20-13-19(24-18-5-3-2-4-6-18)8-7-17(20)10-12-23-15-25/h2-9,11,13-15,24H,10,12H2,1H3,(H,23,25). The maximum atomic E-state index is 10.5. The number of pyridine rings is 1. The zero-order chi connectivity index (χ0) is 17.5. The summed E-state index contributed by atoms with van der Waals surface area (Å²) in [5, 5.41) is 6.17. The van der Waals surface area contributed by atoms with Crippen molar-refractivity contribution >= 4 is 17.8 Å². The van der Waals surface area contributed by atoms with E-state index in [9.17, 15) is 4.79 Å². The van der Waals surface area contributed by atoms with Crippen LogP contribution in [0.3, 0.4) is 0 Å². The molecule has 0 atom stereocenters. The molecule has 3 rings (SSSR count). The third-order valence-electron chi connectivity index (χ3n) is 4.12. The lowest BCUT2D eigenvalue weighted by atomic mass is 9.95. The molecule has 4 nitrogen and oxygen atoms in total. The lowest BCUT2D eigenvalue weighted by Gasteiger charge is -2.15. The highest BCUT2D eigenvalue weighted by Crippen LogP contribution is 2.30. The molecule has 0 radical (unpaired) electrons. The van der Waals surface area contributed by atoms with E-state index in [2.05, 4.69) is 40.7 Å². The van der Waals surface area contributed by atoms with Crippen LogP contribution in [0.15, 0.2) is 67.0 Å². The van der Waals surface area contributed by atoms with Crippen LogP contribution in [0, 0.1) is 6.92 Å². The SMILES string of the molecule is Cc1ccncc1-c1cc(Nc2ccccc2)ccc1CCNC=O. The number of hydrogen-bond acceptors (Lipinski definition) is 3. The maximum Gasteiger partial charge on any atom is 0.207 e. The van der Waals surface area contributed by atoms with Gasteiger partial charge in [-0.2, -0.15) is 0 Å². The van der Waals surface area contributed by atoms with Gasteiger partial charge in [-0.3, -0.25) is 9.78 Å². The van der Waals surface area contributed by atoms with Gasteiger partial charge >= 0.3 is 0 Å². The van der Waals surface area contributed by atoms with E-state index in [1.165, 1.54) is 11.1 Å². The van der Waals surface area contributed by atoms with Crippen molar-refractivity contribution in [3.05, 3.63) is 78.1 Å². The molecular formula is C21H21N3O.